The number of nitrogens with zero attached hydrogens (tertiary/aromatic N) is 1. The molecule has 0 aliphatic rings. The standard InChI is InChI=1S/C8H19FN2/c1-2-6-11(8-5-10)7-3-4-9/h2-8,10H2,1H3. The third-order valence-corrected chi connectivity index (χ3v) is 1.59. The van der Waals surface area contributed by atoms with Crippen LogP contribution in [0.1, 0.15) is 19.8 Å². The van der Waals surface area contributed by atoms with E-state index in [0.29, 0.717) is 13.0 Å². The fraction of sp³-hybridized carbons (Fsp3) is 1.00. The van der Waals surface area contributed by atoms with Crippen molar-refractivity contribution < 1.29 is 4.39 Å². The smallest absolute Gasteiger partial charge is 0.0906 e. The van der Waals surface area contributed by atoms with Gasteiger partial charge < -0.3 is 10.6 Å². The first-order valence-corrected chi connectivity index (χ1v) is 4.33. The molecular weight excluding hydrogens is 143 g/mol. The largest absolute Gasteiger partial charge is 0.329 e. The zero-order valence-electron chi connectivity index (χ0n) is 7.35. The summed E-state index contributed by atoms with van der Waals surface area (Å²) in [6.07, 6.45) is 1.76. The van der Waals surface area contributed by atoms with Crippen molar-refractivity contribution in [1.82, 2.24) is 4.90 Å². The fourth-order valence-corrected chi connectivity index (χ4v) is 1.12. The molecule has 0 atom stereocenters. The Morgan fingerprint density at radius 2 is 2.00 bits per heavy atom. The molecule has 0 aromatic carbocycles. The van der Waals surface area contributed by atoms with Gasteiger partial charge in [-0.1, -0.05) is 6.92 Å². The fourth-order valence-electron chi connectivity index (χ4n) is 1.12. The van der Waals surface area contributed by atoms with Crippen LogP contribution in [0.2, 0.25) is 0 Å². The minimum atomic E-state index is -0.217. The first-order chi connectivity index (χ1) is 5.35. The van der Waals surface area contributed by atoms with Gasteiger partial charge in [-0.25, -0.2) is 0 Å². The molecular formula is C8H19FN2. The van der Waals surface area contributed by atoms with Gasteiger partial charge in [0.05, 0.1) is 6.67 Å². The second-order valence-corrected chi connectivity index (χ2v) is 2.67. The Morgan fingerprint density at radius 1 is 1.27 bits per heavy atom. The molecule has 0 amide bonds. The molecule has 3 heteroatoms. The number of rotatable bonds is 7. The van der Waals surface area contributed by atoms with E-state index in [4.69, 9.17) is 5.73 Å². The summed E-state index contributed by atoms with van der Waals surface area (Å²) in [6.45, 7) is 5.36. The van der Waals surface area contributed by atoms with Crippen LogP contribution in [0.15, 0.2) is 0 Å². The van der Waals surface area contributed by atoms with Gasteiger partial charge in [-0.2, -0.15) is 0 Å². The highest BCUT2D eigenvalue weighted by Gasteiger charge is 2.00. The molecule has 2 N–H and O–H groups in total. The molecule has 0 aromatic heterocycles. The van der Waals surface area contributed by atoms with Gasteiger partial charge in [0.15, 0.2) is 0 Å². The van der Waals surface area contributed by atoms with Crippen LogP contribution in [0.4, 0.5) is 4.39 Å². The molecule has 0 aliphatic carbocycles. The van der Waals surface area contributed by atoms with Gasteiger partial charge in [0.25, 0.3) is 0 Å². The van der Waals surface area contributed by atoms with Crippen LogP contribution in [0.3, 0.4) is 0 Å². The molecule has 0 bridgehead atoms. The van der Waals surface area contributed by atoms with Gasteiger partial charge in [0.2, 0.25) is 0 Å². The van der Waals surface area contributed by atoms with E-state index >= 15 is 0 Å². The van der Waals surface area contributed by atoms with Crippen LogP contribution >= 0.6 is 0 Å². The summed E-state index contributed by atoms with van der Waals surface area (Å²) < 4.78 is 11.8. The zero-order chi connectivity index (χ0) is 8.53. The van der Waals surface area contributed by atoms with Gasteiger partial charge in [-0.15, -0.1) is 0 Å². The van der Waals surface area contributed by atoms with Gasteiger partial charge in [-0.05, 0) is 19.4 Å². The van der Waals surface area contributed by atoms with Crippen molar-refractivity contribution in [3.8, 4) is 0 Å². The van der Waals surface area contributed by atoms with Gasteiger partial charge in [-0.3, -0.25) is 4.39 Å². The Morgan fingerprint density at radius 3 is 2.45 bits per heavy atom. The molecule has 0 aliphatic heterocycles. The second-order valence-electron chi connectivity index (χ2n) is 2.67. The van der Waals surface area contributed by atoms with E-state index in [9.17, 15) is 4.39 Å². The van der Waals surface area contributed by atoms with Crippen LogP contribution in [-0.2, 0) is 0 Å². The predicted molar refractivity (Wildman–Crippen MR) is 46.4 cm³/mol. The zero-order valence-corrected chi connectivity index (χ0v) is 7.35. The summed E-state index contributed by atoms with van der Waals surface area (Å²) >= 11 is 0. The summed E-state index contributed by atoms with van der Waals surface area (Å²) in [5, 5.41) is 0. The molecule has 0 radical (unpaired) electrons. The van der Waals surface area contributed by atoms with E-state index in [1.54, 1.807) is 0 Å². The van der Waals surface area contributed by atoms with Crippen molar-refractivity contribution in [3.63, 3.8) is 0 Å². The quantitative estimate of drug-likeness (QED) is 0.605. The number of hydrogen-bond acceptors (Lipinski definition) is 2. The van der Waals surface area contributed by atoms with Crippen molar-refractivity contribution in [2.45, 2.75) is 19.8 Å². The highest BCUT2D eigenvalue weighted by Crippen LogP contribution is 1.93. The number of hydrogen-bond donors (Lipinski definition) is 1. The summed E-state index contributed by atoms with van der Waals surface area (Å²) in [5.74, 6) is 0. The maximum Gasteiger partial charge on any atom is 0.0906 e. The molecule has 0 rings (SSSR count). The van der Waals surface area contributed by atoms with E-state index in [1.165, 1.54) is 0 Å². The molecule has 2 nitrogen and oxygen atoms in total. The van der Waals surface area contributed by atoms with Crippen LogP contribution in [0.25, 0.3) is 0 Å². The normalized spacial score (nSPS) is 10.9. The van der Waals surface area contributed by atoms with E-state index in [2.05, 4.69) is 11.8 Å². The lowest BCUT2D eigenvalue weighted by molar-refractivity contribution is 0.265. The molecule has 68 valence electrons. The maximum absolute atomic E-state index is 11.8. The van der Waals surface area contributed by atoms with Crippen LogP contribution in [0, 0.1) is 0 Å². The third-order valence-electron chi connectivity index (χ3n) is 1.59. The number of nitrogens with two attached hydrogens (primary N) is 1. The van der Waals surface area contributed by atoms with E-state index in [-0.39, 0.29) is 6.67 Å². The number of halogens is 1. The van der Waals surface area contributed by atoms with E-state index < -0.39 is 0 Å². The Hall–Kier alpha value is -0.150. The van der Waals surface area contributed by atoms with E-state index in [0.717, 1.165) is 26.1 Å². The molecule has 0 heterocycles. The molecule has 0 aromatic rings. The molecule has 0 unspecified atom stereocenters. The summed E-state index contributed by atoms with van der Waals surface area (Å²) in [5.41, 5.74) is 5.40. The lowest BCUT2D eigenvalue weighted by Gasteiger charge is -2.19. The minimum absolute atomic E-state index is 0.217. The van der Waals surface area contributed by atoms with Crippen molar-refractivity contribution in [2.24, 2.45) is 5.73 Å². The monoisotopic (exact) mass is 162 g/mol. The van der Waals surface area contributed by atoms with E-state index in [1.807, 2.05) is 0 Å². The Balaban J connectivity index is 3.34. The topological polar surface area (TPSA) is 29.3 Å². The van der Waals surface area contributed by atoms with Gasteiger partial charge >= 0.3 is 0 Å². The van der Waals surface area contributed by atoms with Gasteiger partial charge in [0.1, 0.15) is 0 Å². The summed E-state index contributed by atoms with van der Waals surface area (Å²) in [4.78, 5) is 2.21. The molecule has 0 saturated heterocycles. The van der Waals surface area contributed by atoms with Crippen molar-refractivity contribution in [2.75, 3.05) is 32.9 Å². The number of alkyl halides is 1. The predicted octanol–water partition coefficient (Wildman–Crippen LogP) is 1.02. The molecule has 0 saturated carbocycles. The summed E-state index contributed by atoms with van der Waals surface area (Å²) in [7, 11) is 0. The minimum Gasteiger partial charge on any atom is -0.329 e. The Kier molecular flexibility index (Phi) is 7.84. The van der Waals surface area contributed by atoms with Crippen LogP contribution in [-0.4, -0.2) is 37.8 Å². The van der Waals surface area contributed by atoms with Crippen LogP contribution < -0.4 is 5.73 Å². The average Bonchev–Trinajstić information content (AvgIpc) is 2.01. The maximum atomic E-state index is 11.8. The highest BCUT2D eigenvalue weighted by atomic mass is 19.1. The van der Waals surface area contributed by atoms with Gasteiger partial charge in [0, 0.05) is 19.6 Å². The second kappa shape index (κ2) is 7.95. The lowest BCUT2D eigenvalue weighted by Crippen LogP contribution is -2.31. The highest BCUT2D eigenvalue weighted by molar-refractivity contribution is 4.56. The van der Waals surface area contributed by atoms with Crippen molar-refractivity contribution >= 4 is 0 Å². The SMILES string of the molecule is CCCN(CCN)CCCF. The molecule has 0 spiro atoms. The first-order valence-electron chi connectivity index (χ1n) is 4.33. The van der Waals surface area contributed by atoms with Crippen molar-refractivity contribution in [1.29, 1.82) is 0 Å². The lowest BCUT2D eigenvalue weighted by atomic mass is 10.3. The third kappa shape index (κ3) is 6.26. The van der Waals surface area contributed by atoms with Crippen molar-refractivity contribution in [3.05, 3.63) is 0 Å². The molecule has 0 fully saturated rings. The Labute approximate surface area is 68.6 Å². The first kappa shape index (κ1) is 10.8. The van der Waals surface area contributed by atoms with Crippen LogP contribution in [0.5, 0.6) is 0 Å². The Bertz CT molecular complexity index is 72.5. The average molecular weight is 162 g/mol. The summed E-state index contributed by atoms with van der Waals surface area (Å²) in [6, 6.07) is 0. The molecule has 11 heavy (non-hydrogen) atoms.